The zero-order valence-electron chi connectivity index (χ0n) is 41.6. The highest BCUT2D eigenvalue weighted by atomic mass is 127. The Bertz CT molecular complexity index is 1750. The maximum Gasteiger partial charge on any atom is 0.207 e. The average molecular weight is 1070 g/mol. The molecule has 13 heteroatoms. The Labute approximate surface area is 424 Å². The fourth-order valence-electron chi connectivity index (χ4n) is 10.4. The second-order valence-electron chi connectivity index (χ2n) is 17.8. The second-order valence-corrected chi connectivity index (χ2v) is 18.9. The van der Waals surface area contributed by atoms with E-state index in [1.807, 2.05) is 0 Å². The van der Waals surface area contributed by atoms with E-state index in [0.29, 0.717) is 34.8 Å². The monoisotopic (exact) mass is 1070 g/mol. The third kappa shape index (κ3) is 15.7. The van der Waals surface area contributed by atoms with E-state index < -0.39 is 0 Å². The van der Waals surface area contributed by atoms with Gasteiger partial charge in [0.1, 0.15) is 0 Å². The van der Waals surface area contributed by atoms with Crippen LogP contribution in [0.4, 0.5) is 0 Å². The molecule has 3 aromatic carbocycles. The van der Waals surface area contributed by atoms with Gasteiger partial charge in [-0.3, -0.25) is 4.90 Å². The summed E-state index contributed by atoms with van der Waals surface area (Å²) in [5, 5.41) is 0. The van der Waals surface area contributed by atoms with Crippen LogP contribution in [0.2, 0.25) is 0 Å². The summed E-state index contributed by atoms with van der Waals surface area (Å²) in [6.45, 7) is 7.16. The number of nitrogens with zero attached hydrogens (tertiary/aromatic N) is 2. The summed E-state index contributed by atoms with van der Waals surface area (Å²) in [6, 6.07) is 10.9. The lowest BCUT2D eigenvalue weighted by molar-refractivity contribution is 0.125. The zero-order chi connectivity index (χ0) is 45.7. The molecule has 3 aliphatic rings. The number of fused-ring (bicyclic) bond motifs is 2. The fourth-order valence-corrected chi connectivity index (χ4v) is 10.9. The lowest BCUT2D eigenvalue weighted by Crippen LogP contribution is -2.46. The number of methoxy groups -OCH3 is 8. The van der Waals surface area contributed by atoms with Crippen molar-refractivity contribution in [3.8, 4) is 46.0 Å². The van der Waals surface area contributed by atoms with Crippen molar-refractivity contribution in [3.05, 3.63) is 58.1 Å². The van der Waals surface area contributed by atoms with Crippen molar-refractivity contribution >= 4 is 47.4 Å². The molecule has 3 aromatic rings. The molecule has 1 aliphatic heterocycles. The largest absolute Gasteiger partial charge is 0.492 e. The Balaban J connectivity index is 0.000000364. The lowest BCUT2D eigenvalue weighted by Gasteiger charge is -2.34. The van der Waals surface area contributed by atoms with Crippen LogP contribution < -0.4 is 37.9 Å². The molecule has 0 unspecified atom stereocenters. The molecule has 0 N–H and O–H groups in total. The van der Waals surface area contributed by atoms with Crippen LogP contribution in [0.25, 0.3) is 0 Å². The van der Waals surface area contributed by atoms with Crippen molar-refractivity contribution in [1.82, 2.24) is 9.80 Å². The van der Waals surface area contributed by atoms with Crippen LogP contribution in [0.3, 0.4) is 0 Å². The Morgan fingerprint density at radius 2 is 0.727 bits per heavy atom. The lowest BCUT2D eigenvalue weighted by atomic mass is 9.97. The molecular formula is C53H83Cl2IN2O8. The van der Waals surface area contributed by atoms with Crippen LogP contribution in [0.15, 0.2) is 30.3 Å². The second kappa shape index (κ2) is 31.4. The third-order valence-corrected chi connectivity index (χ3v) is 14.5. The summed E-state index contributed by atoms with van der Waals surface area (Å²) in [6.07, 6.45) is 22.8. The van der Waals surface area contributed by atoms with Crippen LogP contribution in [0, 0.1) is 11.8 Å². The van der Waals surface area contributed by atoms with E-state index in [4.69, 9.17) is 37.9 Å². The van der Waals surface area contributed by atoms with Gasteiger partial charge in [-0.1, -0.05) is 117 Å². The van der Waals surface area contributed by atoms with Gasteiger partial charge in [0.25, 0.3) is 0 Å². The average Bonchev–Trinajstić information content (AvgIpc) is 3.95. The van der Waals surface area contributed by atoms with E-state index in [2.05, 4.69) is 62.7 Å². The number of alkyl halides is 1. The first kappa shape index (κ1) is 57.6. The molecule has 1 fully saturated rings. The van der Waals surface area contributed by atoms with Gasteiger partial charge in [0, 0.05) is 55.0 Å². The molecule has 0 spiro atoms. The maximum absolute atomic E-state index is 5.76. The predicted molar refractivity (Wildman–Crippen MR) is 283 cm³/mol. The van der Waals surface area contributed by atoms with Gasteiger partial charge in [0.15, 0.2) is 23.0 Å². The molecule has 0 amide bonds. The van der Waals surface area contributed by atoms with Crippen LogP contribution in [0.5, 0.6) is 46.0 Å². The maximum atomic E-state index is 5.76. The Morgan fingerprint density at radius 1 is 0.409 bits per heavy atom. The van der Waals surface area contributed by atoms with Crippen molar-refractivity contribution in [2.75, 3.05) is 94.0 Å². The van der Waals surface area contributed by atoms with Crippen molar-refractivity contribution in [2.24, 2.45) is 11.8 Å². The number of unbranched alkanes of at least 4 members (excludes halogenated alkanes) is 10. The highest BCUT2D eigenvalue weighted by molar-refractivity contribution is 14.1. The minimum atomic E-state index is 0. The van der Waals surface area contributed by atoms with Crippen molar-refractivity contribution < 1.29 is 37.9 Å². The predicted octanol–water partition coefficient (Wildman–Crippen LogP) is 12.4. The summed E-state index contributed by atoms with van der Waals surface area (Å²) in [5.74, 6) is 7.07. The van der Waals surface area contributed by atoms with E-state index >= 15 is 0 Å². The first-order valence-electron chi connectivity index (χ1n) is 24.2. The molecule has 2 aliphatic carbocycles. The summed E-state index contributed by atoms with van der Waals surface area (Å²) in [5.41, 5.74) is 6.35. The summed E-state index contributed by atoms with van der Waals surface area (Å²) in [4.78, 5) is 5.25. The highest BCUT2D eigenvalue weighted by Crippen LogP contribution is 2.55. The Morgan fingerprint density at radius 3 is 1.08 bits per heavy atom. The molecule has 1 saturated heterocycles. The van der Waals surface area contributed by atoms with E-state index in [1.165, 1.54) is 155 Å². The van der Waals surface area contributed by atoms with Gasteiger partial charge in [0.2, 0.25) is 23.0 Å². The molecule has 374 valence electrons. The SMILES string of the molecule is COc1c2c(c(OC)c(OC)c1OC)CC(CCCCCCCCI)C2.COc1c2c(c(OC)c(OC)c1OC)CC(CCCCCCCCN1CCN(Cc3ccccc3)CC1)C2.Cl.Cl. The molecule has 6 rings (SSSR count). The minimum Gasteiger partial charge on any atom is -0.492 e. The molecule has 1 heterocycles. The number of hydrogen-bond acceptors (Lipinski definition) is 10. The topological polar surface area (TPSA) is 80.3 Å². The van der Waals surface area contributed by atoms with Crippen LogP contribution >= 0.6 is 47.4 Å². The molecule has 0 saturated carbocycles. The number of ether oxygens (including phenoxy) is 8. The number of halogens is 3. The van der Waals surface area contributed by atoms with Gasteiger partial charge in [-0.25, -0.2) is 0 Å². The van der Waals surface area contributed by atoms with E-state index in [9.17, 15) is 0 Å². The number of benzene rings is 3. The van der Waals surface area contributed by atoms with Gasteiger partial charge in [0.05, 0.1) is 56.9 Å². The summed E-state index contributed by atoms with van der Waals surface area (Å²) in [7, 11) is 13.4. The zero-order valence-corrected chi connectivity index (χ0v) is 45.4. The molecule has 0 bridgehead atoms. The summed E-state index contributed by atoms with van der Waals surface area (Å²) < 4.78 is 46.6. The number of rotatable bonds is 27. The third-order valence-electron chi connectivity index (χ3n) is 13.7. The number of hydrogen-bond donors (Lipinski definition) is 0. The van der Waals surface area contributed by atoms with Crippen molar-refractivity contribution in [1.29, 1.82) is 0 Å². The Hall–Kier alpha value is -2.71. The van der Waals surface area contributed by atoms with Gasteiger partial charge in [-0.2, -0.15) is 0 Å². The van der Waals surface area contributed by atoms with E-state index in [-0.39, 0.29) is 24.8 Å². The Kier molecular flexibility index (Phi) is 27.4. The molecular weight excluding hydrogens is 990 g/mol. The minimum absolute atomic E-state index is 0. The molecule has 0 aromatic heterocycles. The van der Waals surface area contributed by atoms with Gasteiger partial charge >= 0.3 is 0 Å². The quantitative estimate of drug-likeness (QED) is 0.0418. The van der Waals surface area contributed by atoms with Crippen LogP contribution in [-0.4, -0.2) is 104 Å². The summed E-state index contributed by atoms with van der Waals surface area (Å²) >= 11 is 2.46. The van der Waals surface area contributed by atoms with Crippen molar-refractivity contribution in [3.63, 3.8) is 0 Å². The van der Waals surface area contributed by atoms with Gasteiger partial charge < -0.3 is 42.8 Å². The first-order chi connectivity index (χ1) is 31.4. The fraction of sp³-hybridized carbons (Fsp3) is 0.660. The first-order valence-corrected chi connectivity index (χ1v) is 25.7. The van der Waals surface area contributed by atoms with Gasteiger partial charge in [-0.15, -0.1) is 24.8 Å². The van der Waals surface area contributed by atoms with Crippen molar-refractivity contribution in [2.45, 2.75) is 122 Å². The normalized spacial score (nSPS) is 14.8. The van der Waals surface area contributed by atoms with E-state index in [0.717, 1.165) is 55.2 Å². The number of piperazine rings is 1. The molecule has 0 atom stereocenters. The van der Waals surface area contributed by atoms with Gasteiger partial charge in [-0.05, 0) is 79.7 Å². The molecule has 66 heavy (non-hydrogen) atoms. The van der Waals surface area contributed by atoms with Crippen LogP contribution in [-0.2, 0) is 32.2 Å². The smallest absolute Gasteiger partial charge is 0.207 e. The molecule has 10 nitrogen and oxygen atoms in total. The van der Waals surface area contributed by atoms with Crippen LogP contribution in [0.1, 0.15) is 118 Å². The highest BCUT2D eigenvalue weighted by Gasteiger charge is 2.35. The van der Waals surface area contributed by atoms with E-state index in [1.54, 1.807) is 56.9 Å². The standard InChI is InChI=1S/C32H48N2O4.C21H33IO4.2ClH/c1-35-29-27-22-26(23-28(27)30(36-2)32(38-4)31(29)37-3)16-10-7-5-6-8-13-17-33-18-20-34(21-19-33)24-25-14-11-9-12-15-25;1-23-18-16-13-15(11-9-7-5-6-8-10-12-22)14-17(16)19(24-2)21(26-4)20(18)25-3;;/h9,11-12,14-15,26H,5-8,10,13,16-24H2,1-4H3;15H,5-14H2,1-4H3;2*1H. The molecule has 0 radical (unpaired) electrons.